The molecule has 7 nitrogen and oxygen atoms in total. The fraction of sp³-hybridized carbons (Fsp3) is 0.600. The van der Waals surface area contributed by atoms with Crippen LogP contribution in [0.2, 0.25) is 0 Å². The fourth-order valence-corrected chi connectivity index (χ4v) is 7.46. The highest BCUT2D eigenvalue weighted by Gasteiger charge is 2.31. The van der Waals surface area contributed by atoms with Gasteiger partial charge in [-0.15, -0.1) is 22.7 Å². The molecule has 0 aromatic carbocycles. The Morgan fingerprint density at radius 1 is 1.17 bits per heavy atom. The number of nitrogens with zero attached hydrogens (tertiary/aromatic N) is 3. The largest absolute Gasteiger partial charge is 0.297 e. The second kappa shape index (κ2) is 9.44. The molecule has 0 aliphatic carbocycles. The van der Waals surface area contributed by atoms with Crippen LogP contribution in [0, 0.1) is 5.92 Å². The third-order valence-electron chi connectivity index (χ3n) is 5.80. The minimum atomic E-state index is -3.65. The van der Waals surface area contributed by atoms with Crippen molar-refractivity contribution < 1.29 is 13.2 Å². The van der Waals surface area contributed by atoms with Gasteiger partial charge in [-0.1, -0.05) is 13.3 Å². The Kier molecular flexibility index (Phi) is 6.88. The van der Waals surface area contributed by atoms with Gasteiger partial charge in [0.1, 0.15) is 9.77 Å². The molecule has 0 spiro atoms. The molecule has 0 bridgehead atoms. The van der Waals surface area contributed by atoms with Gasteiger partial charge in [0.15, 0.2) is 5.13 Å². The van der Waals surface area contributed by atoms with Gasteiger partial charge in [0.05, 0.1) is 5.69 Å². The van der Waals surface area contributed by atoms with Crippen molar-refractivity contribution in [3.8, 4) is 0 Å². The van der Waals surface area contributed by atoms with Crippen LogP contribution in [0.5, 0.6) is 0 Å². The van der Waals surface area contributed by atoms with E-state index in [-0.39, 0.29) is 9.77 Å². The molecule has 2 aliphatic heterocycles. The number of hydrogen-bond donors (Lipinski definition) is 1. The Hall–Kier alpha value is -1.33. The van der Waals surface area contributed by atoms with Crippen LogP contribution in [-0.4, -0.2) is 54.7 Å². The first-order chi connectivity index (χ1) is 14.4. The summed E-state index contributed by atoms with van der Waals surface area (Å²) in [6, 6.07) is 1.54. The van der Waals surface area contributed by atoms with Crippen LogP contribution < -0.4 is 5.32 Å². The van der Waals surface area contributed by atoms with Gasteiger partial charge in [-0.3, -0.25) is 15.0 Å². The normalized spacial score (nSPS) is 19.8. The summed E-state index contributed by atoms with van der Waals surface area (Å²) in [5.41, 5.74) is 0.942. The van der Waals surface area contributed by atoms with E-state index in [1.54, 1.807) is 5.38 Å². The van der Waals surface area contributed by atoms with Gasteiger partial charge in [-0.25, -0.2) is 13.4 Å². The Labute approximate surface area is 186 Å². The van der Waals surface area contributed by atoms with Gasteiger partial charge < -0.3 is 0 Å². The number of sulfonamides is 1. The van der Waals surface area contributed by atoms with Crippen molar-refractivity contribution in [2.45, 2.75) is 50.5 Å². The summed E-state index contributed by atoms with van der Waals surface area (Å²) < 4.78 is 27.5. The van der Waals surface area contributed by atoms with Crippen LogP contribution in [0.15, 0.2) is 21.7 Å². The molecule has 10 heteroatoms. The molecule has 4 rings (SSSR count). The van der Waals surface area contributed by atoms with E-state index in [9.17, 15) is 13.2 Å². The molecule has 0 unspecified atom stereocenters. The van der Waals surface area contributed by atoms with E-state index >= 15 is 0 Å². The number of carbonyl (C=O) groups excluding carboxylic acids is 1. The highest BCUT2D eigenvalue weighted by molar-refractivity contribution is 7.89. The van der Waals surface area contributed by atoms with Crippen LogP contribution in [-0.2, 0) is 16.6 Å². The van der Waals surface area contributed by atoms with E-state index < -0.39 is 15.9 Å². The minimum absolute atomic E-state index is 0.103. The lowest BCUT2D eigenvalue weighted by Gasteiger charge is -2.29. The Bertz CT molecular complexity index is 971. The van der Waals surface area contributed by atoms with E-state index in [4.69, 9.17) is 0 Å². The van der Waals surface area contributed by atoms with E-state index in [1.165, 1.54) is 34.6 Å². The number of thiophene rings is 1. The molecule has 4 heterocycles. The van der Waals surface area contributed by atoms with E-state index in [2.05, 4.69) is 22.1 Å². The average Bonchev–Trinajstić information content (AvgIpc) is 3.40. The zero-order valence-corrected chi connectivity index (χ0v) is 19.6. The van der Waals surface area contributed by atoms with Crippen LogP contribution in [0.1, 0.15) is 54.4 Å². The summed E-state index contributed by atoms with van der Waals surface area (Å²) in [6.07, 6.45) is 5.19. The first kappa shape index (κ1) is 21.9. The Morgan fingerprint density at radius 2 is 1.90 bits per heavy atom. The van der Waals surface area contributed by atoms with Crippen LogP contribution in [0.3, 0.4) is 0 Å². The van der Waals surface area contributed by atoms with Gasteiger partial charge in [0.25, 0.3) is 5.91 Å². The third kappa shape index (κ3) is 4.94. The number of thiazole rings is 1. The number of anilines is 1. The first-order valence-electron chi connectivity index (χ1n) is 10.5. The van der Waals surface area contributed by atoms with Crippen molar-refractivity contribution >= 4 is 43.7 Å². The van der Waals surface area contributed by atoms with Crippen molar-refractivity contribution in [3.05, 3.63) is 27.4 Å². The molecule has 2 fully saturated rings. The van der Waals surface area contributed by atoms with E-state index in [1.807, 2.05) is 5.38 Å². The second-order valence-electron chi connectivity index (χ2n) is 8.14. The predicted molar refractivity (Wildman–Crippen MR) is 121 cm³/mol. The average molecular weight is 469 g/mol. The predicted octanol–water partition coefficient (Wildman–Crippen LogP) is 3.86. The lowest BCUT2D eigenvalue weighted by Crippen LogP contribution is -2.36. The fourth-order valence-electron chi connectivity index (χ4n) is 3.95. The third-order valence-corrected chi connectivity index (χ3v) is 9.59. The molecule has 30 heavy (non-hydrogen) atoms. The van der Waals surface area contributed by atoms with Crippen LogP contribution in [0.25, 0.3) is 0 Å². The monoisotopic (exact) mass is 468 g/mol. The summed E-state index contributed by atoms with van der Waals surface area (Å²) in [5, 5.41) is 6.94. The number of likely N-dealkylation sites (tertiary alicyclic amines) is 1. The molecule has 2 aromatic heterocycles. The van der Waals surface area contributed by atoms with Crippen molar-refractivity contribution in [1.29, 1.82) is 0 Å². The standard InChI is InChI=1S/C20H28N4O3S3/c1-15-5-10-23(11-6-15)13-16-14-29-20(21-16)22-19(25)18-17(7-12-28-18)30(26,27)24-8-3-2-4-9-24/h7,12,14-15H,2-6,8-11,13H2,1H3,(H,21,22,25). The molecule has 2 aliphatic rings. The molecule has 164 valence electrons. The second-order valence-corrected chi connectivity index (χ2v) is 11.8. The Morgan fingerprint density at radius 3 is 2.63 bits per heavy atom. The maximum atomic E-state index is 13.0. The first-order valence-corrected chi connectivity index (χ1v) is 13.7. The Balaban J connectivity index is 1.42. The molecule has 2 aromatic rings. The minimum Gasteiger partial charge on any atom is -0.297 e. The number of aromatic nitrogens is 1. The molecule has 1 amide bonds. The highest BCUT2D eigenvalue weighted by Crippen LogP contribution is 2.29. The molecule has 0 atom stereocenters. The number of rotatable bonds is 6. The molecular weight excluding hydrogens is 440 g/mol. The SMILES string of the molecule is CC1CCN(Cc2csc(NC(=O)c3sccc3S(=O)(=O)N3CCCCC3)n2)CC1. The van der Waals surface area contributed by atoms with Gasteiger partial charge in [-0.05, 0) is 56.1 Å². The molecule has 1 N–H and O–H groups in total. The summed E-state index contributed by atoms with van der Waals surface area (Å²) >= 11 is 2.53. The van der Waals surface area contributed by atoms with Gasteiger partial charge >= 0.3 is 0 Å². The smallest absolute Gasteiger partial charge is 0.268 e. The van der Waals surface area contributed by atoms with Gasteiger partial charge in [0, 0.05) is 25.0 Å². The van der Waals surface area contributed by atoms with Crippen LogP contribution >= 0.6 is 22.7 Å². The number of nitrogens with one attached hydrogen (secondary N) is 1. The van der Waals surface area contributed by atoms with Crippen molar-refractivity contribution in [2.75, 3.05) is 31.5 Å². The molecule has 0 saturated carbocycles. The topological polar surface area (TPSA) is 82.6 Å². The van der Waals surface area contributed by atoms with Gasteiger partial charge in [0.2, 0.25) is 10.0 Å². The quantitative estimate of drug-likeness (QED) is 0.696. The summed E-state index contributed by atoms with van der Waals surface area (Å²) in [7, 11) is -3.65. The lowest BCUT2D eigenvalue weighted by atomic mass is 9.99. The number of piperidine rings is 2. The van der Waals surface area contributed by atoms with Crippen molar-refractivity contribution in [1.82, 2.24) is 14.2 Å². The molecule has 0 radical (unpaired) electrons. The summed E-state index contributed by atoms with van der Waals surface area (Å²) in [4.78, 5) is 20.1. The van der Waals surface area contributed by atoms with Gasteiger partial charge in [-0.2, -0.15) is 4.31 Å². The van der Waals surface area contributed by atoms with Crippen LogP contribution in [0.4, 0.5) is 5.13 Å². The molecule has 2 saturated heterocycles. The number of carbonyl (C=O) groups is 1. The number of hydrogen-bond acceptors (Lipinski definition) is 7. The number of amides is 1. The zero-order valence-electron chi connectivity index (χ0n) is 17.2. The highest BCUT2D eigenvalue weighted by atomic mass is 32.2. The summed E-state index contributed by atoms with van der Waals surface area (Å²) in [6.45, 7) is 6.26. The van der Waals surface area contributed by atoms with E-state index in [0.29, 0.717) is 18.2 Å². The van der Waals surface area contributed by atoms with E-state index in [0.717, 1.165) is 61.8 Å². The van der Waals surface area contributed by atoms with Crippen molar-refractivity contribution in [2.24, 2.45) is 5.92 Å². The van der Waals surface area contributed by atoms with Crippen molar-refractivity contribution in [3.63, 3.8) is 0 Å². The zero-order chi connectivity index (χ0) is 21.1. The lowest BCUT2D eigenvalue weighted by molar-refractivity contribution is 0.102. The molecular formula is C20H28N4O3S3. The summed E-state index contributed by atoms with van der Waals surface area (Å²) in [5.74, 6) is 0.376. The maximum absolute atomic E-state index is 13.0. The maximum Gasteiger partial charge on any atom is 0.268 e.